The van der Waals surface area contributed by atoms with Crippen LogP contribution in [0.4, 0.5) is 5.69 Å². The number of carbonyl (C=O) groups is 2. The zero-order valence-electron chi connectivity index (χ0n) is 19.2. The number of ether oxygens (including phenoxy) is 3. The fourth-order valence-electron chi connectivity index (χ4n) is 3.97. The van der Waals surface area contributed by atoms with Gasteiger partial charge in [0.2, 0.25) is 5.91 Å². The molecule has 3 rings (SSSR count). The van der Waals surface area contributed by atoms with Crippen molar-refractivity contribution in [2.75, 3.05) is 32.4 Å². The number of rotatable bonds is 8. The minimum Gasteiger partial charge on any atom is -0.493 e. The Labute approximate surface area is 197 Å². The largest absolute Gasteiger partial charge is 0.493 e. The molecular weight excluding hydrogens is 442 g/mol. The fourth-order valence-corrected chi connectivity index (χ4v) is 4.80. The zero-order valence-corrected chi connectivity index (χ0v) is 20.1. The molecule has 1 heterocycles. The number of carbonyl (C=O) groups excluding carboxylic acids is 2. The number of hydrogen-bond acceptors (Lipinski definition) is 8. The average molecular weight is 470 g/mol. The van der Waals surface area contributed by atoms with Crippen molar-refractivity contribution in [3.63, 3.8) is 0 Å². The molecular formula is C24H27N3O5S. The van der Waals surface area contributed by atoms with Crippen LogP contribution in [0.1, 0.15) is 52.5 Å². The number of fused-ring (bicyclic) bond motifs is 1. The fraction of sp³-hybridized carbons (Fsp3) is 0.417. The SMILES string of the molecule is CCc1nc(SCC(=O)Nc2cc(OC)c(OC)cc2C(=O)OC)c(C#N)c2c1CCCC2. The number of nitrogens with one attached hydrogen (secondary N) is 1. The first-order valence-electron chi connectivity index (χ1n) is 10.7. The van der Waals surface area contributed by atoms with Crippen LogP contribution >= 0.6 is 11.8 Å². The summed E-state index contributed by atoms with van der Waals surface area (Å²) in [5.74, 6) is -0.231. The zero-order chi connectivity index (χ0) is 24.0. The van der Waals surface area contributed by atoms with Crippen molar-refractivity contribution < 1.29 is 23.8 Å². The monoisotopic (exact) mass is 469 g/mol. The van der Waals surface area contributed by atoms with Gasteiger partial charge in [-0.05, 0) is 43.2 Å². The second-order valence-corrected chi connectivity index (χ2v) is 8.41. The second kappa shape index (κ2) is 11.1. The molecule has 1 amide bonds. The molecule has 0 aliphatic heterocycles. The summed E-state index contributed by atoms with van der Waals surface area (Å²) < 4.78 is 15.4. The minimum absolute atomic E-state index is 0.0264. The minimum atomic E-state index is -0.616. The maximum Gasteiger partial charge on any atom is 0.340 e. The molecule has 1 aromatic heterocycles. The molecule has 33 heavy (non-hydrogen) atoms. The summed E-state index contributed by atoms with van der Waals surface area (Å²) in [7, 11) is 4.18. The third kappa shape index (κ3) is 5.22. The maximum absolute atomic E-state index is 12.8. The lowest BCUT2D eigenvalue weighted by atomic mass is 9.87. The number of esters is 1. The highest BCUT2D eigenvalue weighted by Crippen LogP contribution is 2.35. The first-order valence-corrected chi connectivity index (χ1v) is 11.7. The van der Waals surface area contributed by atoms with Crippen LogP contribution in [0, 0.1) is 11.3 Å². The number of hydrogen-bond donors (Lipinski definition) is 1. The van der Waals surface area contributed by atoms with Gasteiger partial charge < -0.3 is 19.5 Å². The summed E-state index contributed by atoms with van der Waals surface area (Å²) in [6, 6.07) is 5.27. The molecule has 1 aliphatic carbocycles. The number of nitriles is 1. The van der Waals surface area contributed by atoms with E-state index in [1.54, 1.807) is 0 Å². The van der Waals surface area contributed by atoms with E-state index in [1.807, 2.05) is 0 Å². The van der Waals surface area contributed by atoms with Crippen LogP contribution in [-0.2, 0) is 28.8 Å². The van der Waals surface area contributed by atoms with E-state index in [-0.39, 0.29) is 22.9 Å². The normalized spacial score (nSPS) is 12.3. The molecule has 0 spiro atoms. The highest BCUT2D eigenvalue weighted by Gasteiger charge is 2.23. The Hall–Kier alpha value is -3.25. The highest BCUT2D eigenvalue weighted by molar-refractivity contribution is 8.00. The van der Waals surface area contributed by atoms with Gasteiger partial charge in [-0.2, -0.15) is 5.26 Å². The Balaban J connectivity index is 1.84. The number of thioether (sulfide) groups is 1. The molecule has 1 N–H and O–H groups in total. The van der Waals surface area contributed by atoms with E-state index in [1.165, 1.54) is 50.8 Å². The molecule has 1 aliphatic rings. The van der Waals surface area contributed by atoms with E-state index in [4.69, 9.17) is 19.2 Å². The van der Waals surface area contributed by atoms with Crippen molar-refractivity contribution in [1.29, 1.82) is 5.26 Å². The lowest BCUT2D eigenvalue weighted by Gasteiger charge is -2.21. The van der Waals surface area contributed by atoms with E-state index >= 15 is 0 Å². The molecule has 0 unspecified atom stereocenters. The van der Waals surface area contributed by atoms with Crippen molar-refractivity contribution in [3.8, 4) is 17.6 Å². The first-order chi connectivity index (χ1) is 16.0. The van der Waals surface area contributed by atoms with Crippen molar-refractivity contribution in [3.05, 3.63) is 40.1 Å². The van der Waals surface area contributed by atoms with Crippen LogP contribution in [0.2, 0.25) is 0 Å². The van der Waals surface area contributed by atoms with Crippen LogP contribution in [0.25, 0.3) is 0 Å². The summed E-state index contributed by atoms with van der Waals surface area (Å²) in [6.07, 6.45) is 4.75. The predicted molar refractivity (Wildman–Crippen MR) is 125 cm³/mol. The number of anilines is 1. The Morgan fingerprint density at radius 3 is 2.39 bits per heavy atom. The lowest BCUT2D eigenvalue weighted by Crippen LogP contribution is -2.18. The van der Waals surface area contributed by atoms with Crippen molar-refractivity contribution in [1.82, 2.24) is 4.98 Å². The van der Waals surface area contributed by atoms with Gasteiger partial charge in [-0.25, -0.2) is 9.78 Å². The van der Waals surface area contributed by atoms with Gasteiger partial charge in [0.1, 0.15) is 11.1 Å². The highest BCUT2D eigenvalue weighted by atomic mass is 32.2. The Bertz CT molecular complexity index is 1110. The molecule has 0 fully saturated rings. The van der Waals surface area contributed by atoms with Crippen LogP contribution in [-0.4, -0.2) is 43.9 Å². The van der Waals surface area contributed by atoms with Crippen LogP contribution in [0.3, 0.4) is 0 Å². The van der Waals surface area contributed by atoms with Crippen molar-refractivity contribution >= 4 is 29.3 Å². The molecule has 174 valence electrons. The molecule has 0 atom stereocenters. The predicted octanol–water partition coefficient (Wildman–Crippen LogP) is 3.93. The van der Waals surface area contributed by atoms with Crippen LogP contribution in [0.15, 0.2) is 17.2 Å². The molecule has 0 saturated carbocycles. The first kappa shape index (κ1) is 24.4. The summed E-state index contributed by atoms with van der Waals surface area (Å²) >= 11 is 1.22. The number of nitrogens with zero attached hydrogens (tertiary/aromatic N) is 2. The molecule has 0 saturated heterocycles. The summed E-state index contributed by atoms with van der Waals surface area (Å²) in [5.41, 5.74) is 4.23. The Kier molecular flexibility index (Phi) is 8.17. The molecule has 1 aromatic carbocycles. The van der Waals surface area contributed by atoms with Crippen molar-refractivity contribution in [2.45, 2.75) is 44.1 Å². The summed E-state index contributed by atoms with van der Waals surface area (Å²) in [6.45, 7) is 2.05. The number of benzene rings is 1. The van der Waals surface area contributed by atoms with Crippen LogP contribution < -0.4 is 14.8 Å². The summed E-state index contributed by atoms with van der Waals surface area (Å²) in [5, 5.41) is 13.1. The van der Waals surface area contributed by atoms with Gasteiger partial charge in [-0.1, -0.05) is 18.7 Å². The van der Waals surface area contributed by atoms with E-state index in [2.05, 4.69) is 18.3 Å². The van der Waals surface area contributed by atoms with Gasteiger partial charge in [0, 0.05) is 17.8 Å². The van der Waals surface area contributed by atoms with Gasteiger partial charge in [0.15, 0.2) is 11.5 Å². The van der Waals surface area contributed by atoms with Gasteiger partial charge in [-0.15, -0.1) is 0 Å². The quantitative estimate of drug-likeness (QED) is 0.457. The van der Waals surface area contributed by atoms with Crippen LogP contribution in [0.5, 0.6) is 11.5 Å². The van der Waals surface area contributed by atoms with Gasteiger partial charge in [0.05, 0.1) is 43.9 Å². The van der Waals surface area contributed by atoms with E-state index in [9.17, 15) is 14.9 Å². The summed E-state index contributed by atoms with van der Waals surface area (Å²) in [4.78, 5) is 29.7. The van der Waals surface area contributed by atoms with Gasteiger partial charge in [0.25, 0.3) is 0 Å². The molecule has 9 heteroatoms. The third-order valence-electron chi connectivity index (χ3n) is 5.56. The number of aromatic nitrogens is 1. The third-order valence-corrected chi connectivity index (χ3v) is 6.53. The number of pyridine rings is 1. The van der Waals surface area contributed by atoms with Gasteiger partial charge >= 0.3 is 5.97 Å². The topological polar surface area (TPSA) is 111 Å². The lowest BCUT2D eigenvalue weighted by molar-refractivity contribution is -0.113. The second-order valence-electron chi connectivity index (χ2n) is 7.45. The Morgan fingerprint density at radius 2 is 1.79 bits per heavy atom. The maximum atomic E-state index is 12.8. The molecule has 8 nitrogen and oxygen atoms in total. The molecule has 0 radical (unpaired) electrons. The van der Waals surface area contributed by atoms with E-state index < -0.39 is 5.97 Å². The standard InChI is InChI=1S/C24H27N3O5S/c1-5-18-15-9-7-6-8-14(15)17(12-25)23(27-18)33-13-22(28)26-19-11-21(31-3)20(30-2)10-16(19)24(29)32-4/h10-11H,5-9,13H2,1-4H3,(H,26,28). The molecule has 0 bridgehead atoms. The van der Waals surface area contributed by atoms with E-state index in [0.717, 1.165) is 43.4 Å². The number of methoxy groups -OCH3 is 3. The Morgan fingerprint density at radius 1 is 1.12 bits per heavy atom. The van der Waals surface area contributed by atoms with Gasteiger partial charge in [-0.3, -0.25) is 4.79 Å². The smallest absolute Gasteiger partial charge is 0.340 e. The number of aryl methyl sites for hydroxylation is 1. The van der Waals surface area contributed by atoms with E-state index in [0.29, 0.717) is 22.1 Å². The molecule has 2 aromatic rings. The average Bonchev–Trinajstić information content (AvgIpc) is 2.85. The number of amides is 1. The van der Waals surface area contributed by atoms with Crippen molar-refractivity contribution in [2.24, 2.45) is 0 Å².